The number of carbonyl (C=O) groups excluding carboxylic acids is 1. The zero-order chi connectivity index (χ0) is 16.9. The second-order valence-corrected chi connectivity index (χ2v) is 7.44. The van der Waals surface area contributed by atoms with E-state index in [-0.39, 0.29) is 11.9 Å². The fourth-order valence-corrected chi connectivity index (χ4v) is 3.77. The Kier molecular flexibility index (Phi) is 5.76. The first-order chi connectivity index (χ1) is 11.6. The van der Waals surface area contributed by atoms with Gasteiger partial charge in [0.1, 0.15) is 0 Å². The van der Waals surface area contributed by atoms with Crippen molar-refractivity contribution >= 4 is 34.5 Å². The van der Waals surface area contributed by atoms with E-state index in [1.54, 1.807) is 11.3 Å². The topological polar surface area (TPSA) is 35.6 Å². The summed E-state index contributed by atoms with van der Waals surface area (Å²) in [5.41, 5.74) is 1.15. The molecule has 0 unspecified atom stereocenters. The summed E-state index contributed by atoms with van der Waals surface area (Å²) in [6, 6.07) is 11.9. The molecule has 2 heterocycles. The minimum Gasteiger partial charge on any atom is -0.369 e. The van der Waals surface area contributed by atoms with Gasteiger partial charge in [-0.1, -0.05) is 23.7 Å². The molecule has 1 atom stereocenters. The Hall–Kier alpha value is -1.56. The number of thiophene rings is 1. The molecule has 1 aliphatic rings. The number of anilines is 1. The third kappa shape index (κ3) is 4.29. The van der Waals surface area contributed by atoms with E-state index in [2.05, 4.69) is 21.2 Å². The van der Waals surface area contributed by atoms with Crippen LogP contribution in [-0.4, -0.2) is 43.0 Å². The third-order valence-corrected chi connectivity index (χ3v) is 5.54. The standard InChI is InChI=1S/C18H22ClN3OS/c1-14(18(23)20-13-17-6-3-11-24-17)21-7-9-22(10-8-21)16-5-2-4-15(19)12-16/h2-6,11-12,14H,7-10,13H2,1H3,(H,20,23)/t14-/m0/s1. The van der Waals surface area contributed by atoms with Gasteiger partial charge in [0.25, 0.3) is 0 Å². The van der Waals surface area contributed by atoms with Gasteiger partial charge >= 0.3 is 0 Å². The minimum absolute atomic E-state index is 0.0969. The van der Waals surface area contributed by atoms with Crippen LogP contribution in [0.25, 0.3) is 0 Å². The average Bonchev–Trinajstić information content (AvgIpc) is 3.13. The predicted molar refractivity (Wildman–Crippen MR) is 101 cm³/mol. The number of piperazine rings is 1. The monoisotopic (exact) mass is 363 g/mol. The molecule has 1 N–H and O–H groups in total. The van der Waals surface area contributed by atoms with Gasteiger partial charge in [0.15, 0.2) is 0 Å². The summed E-state index contributed by atoms with van der Waals surface area (Å²) in [4.78, 5) is 18.1. The average molecular weight is 364 g/mol. The maximum absolute atomic E-state index is 12.4. The van der Waals surface area contributed by atoms with Gasteiger partial charge in [-0.2, -0.15) is 0 Å². The number of halogens is 1. The summed E-state index contributed by atoms with van der Waals surface area (Å²) in [5.74, 6) is 0.0969. The van der Waals surface area contributed by atoms with Crippen molar-refractivity contribution in [3.63, 3.8) is 0 Å². The van der Waals surface area contributed by atoms with Crippen molar-refractivity contribution in [2.45, 2.75) is 19.5 Å². The Morgan fingerprint density at radius 3 is 2.71 bits per heavy atom. The normalized spacial score (nSPS) is 16.8. The van der Waals surface area contributed by atoms with E-state index in [0.717, 1.165) is 36.9 Å². The van der Waals surface area contributed by atoms with E-state index in [1.807, 2.05) is 42.6 Å². The lowest BCUT2D eigenvalue weighted by Gasteiger charge is -2.38. The van der Waals surface area contributed by atoms with Crippen LogP contribution in [0.5, 0.6) is 0 Å². The molecule has 0 spiro atoms. The third-order valence-electron chi connectivity index (χ3n) is 4.43. The first-order valence-corrected chi connectivity index (χ1v) is 9.44. The highest BCUT2D eigenvalue weighted by molar-refractivity contribution is 7.09. The molecule has 3 rings (SSSR count). The second-order valence-electron chi connectivity index (χ2n) is 5.98. The summed E-state index contributed by atoms with van der Waals surface area (Å²) in [6.07, 6.45) is 0. The maximum Gasteiger partial charge on any atom is 0.237 e. The fourth-order valence-electron chi connectivity index (χ4n) is 2.94. The Morgan fingerprint density at radius 1 is 1.25 bits per heavy atom. The molecule has 1 aromatic heterocycles. The Labute approximate surface area is 152 Å². The highest BCUT2D eigenvalue weighted by atomic mass is 35.5. The van der Waals surface area contributed by atoms with Crippen LogP contribution >= 0.6 is 22.9 Å². The molecular formula is C18H22ClN3OS. The van der Waals surface area contributed by atoms with Crippen molar-refractivity contribution in [1.82, 2.24) is 10.2 Å². The number of amides is 1. The van der Waals surface area contributed by atoms with Crippen molar-refractivity contribution in [1.29, 1.82) is 0 Å². The van der Waals surface area contributed by atoms with Crippen LogP contribution in [0.4, 0.5) is 5.69 Å². The number of rotatable bonds is 5. The van der Waals surface area contributed by atoms with Gasteiger partial charge in [-0.25, -0.2) is 0 Å². The number of hydrogen-bond acceptors (Lipinski definition) is 4. The van der Waals surface area contributed by atoms with Gasteiger partial charge in [-0.05, 0) is 36.6 Å². The van der Waals surface area contributed by atoms with Crippen molar-refractivity contribution in [2.24, 2.45) is 0 Å². The molecule has 1 saturated heterocycles. The molecule has 0 aliphatic carbocycles. The van der Waals surface area contributed by atoms with Gasteiger partial charge in [0.05, 0.1) is 12.6 Å². The van der Waals surface area contributed by atoms with Crippen LogP contribution < -0.4 is 10.2 Å². The molecule has 2 aromatic rings. The van der Waals surface area contributed by atoms with E-state index in [9.17, 15) is 4.79 Å². The number of hydrogen-bond donors (Lipinski definition) is 1. The Balaban J connectivity index is 1.49. The van der Waals surface area contributed by atoms with Crippen LogP contribution in [0.15, 0.2) is 41.8 Å². The lowest BCUT2D eigenvalue weighted by molar-refractivity contribution is -0.126. The van der Waals surface area contributed by atoms with Crippen LogP contribution in [0, 0.1) is 0 Å². The second kappa shape index (κ2) is 8.01. The molecule has 1 aliphatic heterocycles. The van der Waals surface area contributed by atoms with E-state index in [4.69, 9.17) is 11.6 Å². The number of carbonyl (C=O) groups is 1. The van der Waals surface area contributed by atoms with Gasteiger partial charge in [-0.15, -0.1) is 11.3 Å². The van der Waals surface area contributed by atoms with E-state index in [0.29, 0.717) is 6.54 Å². The summed E-state index contributed by atoms with van der Waals surface area (Å²) >= 11 is 7.74. The van der Waals surface area contributed by atoms with Gasteiger partial charge in [0.2, 0.25) is 5.91 Å². The van der Waals surface area contributed by atoms with Crippen LogP contribution in [0.2, 0.25) is 5.02 Å². The van der Waals surface area contributed by atoms with Crippen molar-refractivity contribution < 1.29 is 4.79 Å². The van der Waals surface area contributed by atoms with Crippen LogP contribution in [0.1, 0.15) is 11.8 Å². The molecular weight excluding hydrogens is 342 g/mol. The molecule has 1 amide bonds. The zero-order valence-corrected chi connectivity index (χ0v) is 15.3. The molecule has 1 aromatic carbocycles. The lowest BCUT2D eigenvalue weighted by atomic mass is 10.2. The van der Waals surface area contributed by atoms with Gasteiger partial charge in [0, 0.05) is 41.8 Å². The first-order valence-electron chi connectivity index (χ1n) is 8.18. The smallest absolute Gasteiger partial charge is 0.237 e. The van der Waals surface area contributed by atoms with E-state index >= 15 is 0 Å². The molecule has 0 bridgehead atoms. The molecule has 6 heteroatoms. The van der Waals surface area contributed by atoms with Gasteiger partial charge in [-0.3, -0.25) is 9.69 Å². The number of nitrogens with zero attached hydrogens (tertiary/aromatic N) is 2. The highest BCUT2D eigenvalue weighted by Crippen LogP contribution is 2.21. The maximum atomic E-state index is 12.4. The van der Waals surface area contributed by atoms with Crippen LogP contribution in [-0.2, 0) is 11.3 Å². The first kappa shape index (κ1) is 17.3. The molecule has 0 saturated carbocycles. The number of nitrogens with one attached hydrogen (secondary N) is 1. The van der Waals surface area contributed by atoms with E-state index < -0.39 is 0 Å². The number of benzene rings is 1. The lowest BCUT2D eigenvalue weighted by Crippen LogP contribution is -2.53. The minimum atomic E-state index is -0.105. The molecule has 4 nitrogen and oxygen atoms in total. The molecule has 128 valence electrons. The molecule has 24 heavy (non-hydrogen) atoms. The highest BCUT2D eigenvalue weighted by Gasteiger charge is 2.25. The fraction of sp³-hybridized carbons (Fsp3) is 0.389. The van der Waals surface area contributed by atoms with Crippen molar-refractivity contribution in [2.75, 3.05) is 31.1 Å². The van der Waals surface area contributed by atoms with Gasteiger partial charge < -0.3 is 10.2 Å². The van der Waals surface area contributed by atoms with Crippen molar-refractivity contribution in [3.05, 3.63) is 51.7 Å². The molecule has 0 radical (unpaired) electrons. The quantitative estimate of drug-likeness (QED) is 0.885. The summed E-state index contributed by atoms with van der Waals surface area (Å²) < 4.78 is 0. The largest absolute Gasteiger partial charge is 0.369 e. The zero-order valence-electron chi connectivity index (χ0n) is 13.7. The van der Waals surface area contributed by atoms with E-state index in [1.165, 1.54) is 4.88 Å². The molecule has 1 fully saturated rings. The summed E-state index contributed by atoms with van der Waals surface area (Å²) in [6.45, 7) is 6.16. The summed E-state index contributed by atoms with van der Waals surface area (Å²) in [7, 11) is 0. The Bertz CT molecular complexity index is 669. The SMILES string of the molecule is C[C@@H](C(=O)NCc1cccs1)N1CCN(c2cccc(Cl)c2)CC1. The van der Waals surface area contributed by atoms with Crippen LogP contribution in [0.3, 0.4) is 0 Å². The Morgan fingerprint density at radius 2 is 2.04 bits per heavy atom. The predicted octanol–water partition coefficient (Wildman–Crippen LogP) is 3.23. The van der Waals surface area contributed by atoms with Crippen molar-refractivity contribution in [3.8, 4) is 0 Å². The summed E-state index contributed by atoms with van der Waals surface area (Å²) in [5, 5.41) is 5.82.